The normalized spacial score (nSPS) is 18.3. The Morgan fingerprint density at radius 1 is 1.13 bits per heavy atom. The second kappa shape index (κ2) is 13.8. The van der Waals surface area contributed by atoms with Gasteiger partial charge in [-0.05, 0) is 32.3 Å². The van der Waals surface area contributed by atoms with Gasteiger partial charge in [0.05, 0.1) is 0 Å². The Bertz CT molecular complexity index is 623. The fourth-order valence-electron chi connectivity index (χ4n) is 4.15. The maximum Gasteiger partial charge on any atom is 0.225 e. The van der Waals surface area contributed by atoms with Crippen molar-refractivity contribution in [3.8, 4) is 0 Å². The van der Waals surface area contributed by atoms with Crippen molar-refractivity contribution < 1.29 is 4.79 Å². The van der Waals surface area contributed by atoms with E-state index in [1.165, 1.54) is 12.8 Å². The standard InChI is InChI=1S/C21H37N7O.HI/c1-2-22-21(23-9-5-12-28-13-6-10-25-28)24-11-14-26-15-17-27(18-16-26)20(29)19-7-3-4-8-19;/h6,10,13,19H,2-5,7-9,11-12,14-18H2,1H3,(H2,22,23,24);1H. The van der Waals surface area contributed by atoms with Gasteiger partial charge in [0.1, 0.15) is 0 Å². The molecule has 170 valence electrons. The lowest BCUT2D eigenvalue weighted by Gasteiger charge is -2.36. The molecule has 1 amide bonds. The van der Waals surface area contributed by atoms with E-state index in [1.807, 2.05) is 16.9 Å². The van der Waals surface area contributed by atoms with E-state index in [4.69, 9.17) is 0 Å². The zero-order valence-corrected chi connectivity index (χ0v) is 20.6. The van der Waals surface area contributed by atoms with Crippen LogP contribution in [-0.2, 0) is 11.3 Å². The number of aryl methyl sites for hydroxylation is 1. The second-order valence-corrected chi connectivity index (χ2v) is 7.96. The zero-order chi connectivity index (χ0) is 20.3. The van der Waals surface area contributed by atoms with Crippen molar-refractivity contribution in [2.24, 2.45) is 10.9 Å². The maximum absolute atomic E-state index is 12.5. The predicted molar refractivity (Wildman–Crippen MR) is 131 cm³/mol. The molecule has 0 unspecified atom stereocenters. The summed E-state index contributed by atoms with van der Waals surface area (Å²) in [5, 5.41) is 11.0. The molecule has 3 rings (SSSR count). The lowest BCUT2D eigenvalue weighted by Crippen LogP contribution is -2.51. The minimum absolute atomic E-state index is 0. The van der Waals surface area contributed by atoms with Crippen LogP contribution in [0.25, 0.3) is 0 Å². The Morgan fingerprint density at radius 2 is 1.90 bits per heavy atom. The molecule has 0 spiro atoms. The molecule has 1 saturated heterocycles. The first-order chi connectivity index (χ1) is 14.3. The third-order valence-corrected chi connectivity index (χ3v) is 5.83. The summed E-state index contributed by atoms with van der Waals surface area (Å²) in [5.41, 5.74) is 0. The predicted octanol–water partition coefficient (Wildman–Crippen LogP) is 1.78. The van der Waals surface area contributed by atoms with E-state index in [2.05, 4.69) is 37.4 Å². The number of halogens is 1. The van der Waals surface area contributed by atoms with E-state index in [9.17, 15) is 4.79 Å². The Morgan fingerprint density at radius 3 is 2.57 bits per heavy atom. The third-order valence-electron chi connectivity index (χ3n) is 5.83. The van der Waals surface area contributed by atoms with Crippen molar-refractivity contribution in [2.75, 3.05) is 52.4 Å². The molecule has 1 saturated carbocycles. The highest BCUT2D eigenvalue weighted by Gasteiger charge is 2.29. The summed E-state index contributed by atoms with van der Waals surface area (Å²) < 4.78 is 1.94. The van der Waals surface area contributed by atoms with Crippen molar-refractivity contribution in [1.29, 1.82) is 0 Å². The minimum atomic E-state index is 0. The summed E-state index contributed by atoms with van der Waals surface area (Å²) in [6, 6.07) is 1.94. The lowest BCUT2D eigenvalue weighted by molar-refractivity contribution is -0.137. The van der Waals surface area contributed by atoms with E-state index in [0.717, 1.165) is 84.1 Å². The number of hydrogen-bond acceptors (Lipinski definition) is 4. The average Bonchev–Trinajstić information content (AvgIpc) is 3.45. The van der Waals surface area contributed by atoms with E-state index < -0.39 is 0 Å². The van der Waals surface area contributed by atoms with Gasteiger partial charge in [0, 0.05) is 77.2 Å². The fourth-order valence-corrected chi connectivity index (χ4v) is 4.15. The monoisotopic (exact) mass is 531 g/mol. The molecule has 8 nitrogen and oxygen atoms in total. The topological polar surface area (TPSA) is 77.8 Å². The van der Waals surface area contributed by atoms with Gasteiger partial charge in [-0.15, -0.1) is 24.0 Å². The SMILES string of the molecule is CCNC(=NCCCn1cccn1)NCCN1CCN(C(=O)C2CCCC2)CC1.I. The largest absolute Gasteiger partial charge is 0.357 e. The number of piperazine rings is 1. The molecular formula is C21H38IN7O. The molecule has 0 radical (unpaired) electrons. The fraction of sp³-hybridized carbons (Fsp3) is 0.762. The first-order valence-electron chi connectivity index (χ1n) is 11.3. The van der Waals surface area contributed by atoms with Gasteiger partial charge in [0.25, 0.3) is 0 Å². The highest BCUT2D eigenvalue weighted by atomic mass is 127. The Hall–Kier alpha value is -1.36. The highest BCUT2D eigenvalue weighted by Crippen LogP contribution is 2.26. The van der Waals surface area contributed by atoms with Crippen LogP contribution in [0.4, 0.5) is 0 Å². The maximum atomic E-state index is 12.5. The molecule has 1 aliphatic carbocycles. The van der Waals surface area contributed by atoms with Crippen molar-refractivity contribution >= 4 is 35.8 Å². The molecule has 1 aromatic heterocycles. The number of hydrogen-bond donors (Lipinski definition) is 2. The lowest BCUT2D eigenvalue weighted by atomic mass is 10.1. The summed E-state index contributed by atoms with van der Waals surface area (Å²) >= 11 is 0. The van der Waals surface area contributed by atoms with Crippen LogP contribution < -0.4 is 10.6 Å². The molecule has 9 heteroatoms. The van der Waals surface area contributed by atoms with Crippen LogP contribution in [0.3, 0.4) is 0 Å². The Balaban J connectivity index is 0.00000320. The van der Waals surface area contributed by atoms with Crippen LogP contribution >= 0.6 is 24.0 Å². The molecule has 2 heterocycles. The number of aliphatic imine (C=N–C) groups is 1. The van der Waals surface area contributed by atoms with Crippen LogP contribution in [0.15, 0.2) is 23.5 Å². The second-order valence-electron chi connectivity index (χ2n) is 7.96. The van der Waals surface area contributed by atoms with Crippen LogP contribution in [0.2, 0.25) is 0 Å². The molecule has 0 bridgehead atoms. The number of nitrogens with zero attached hydrogens (tertiary/aromatic N) is 5. The molecular weight excluding hydrogens is 493 g/mol. The molecule has 30 heavy (non-hydrogen) atoms. The van der Waals surface area contributed by atoms with Crippen LogP contribution in [0.5, 0.6) is 0 Å². The van der Waals surface area contributed by atoms with Crippen molar-refractivity contribution in [1.82, 2.24) is 30.2 Å². The molecule has 0 aromatic carbocycles. The summed E-state index contributed by atoms with van der Waals surface area (Å²) in [6.45, 7) is 10.1. The van der Waals surface area contributed by atoms with E-state index in [0.29, 0.717) is 11.8 Å². The first kappa shape index (κ1) is 24.9. The third kappa shape index (κ3) is 8.05. The summed E-state index contributed by atoms with van der Waals surface area (Å²) in [7, 11) is 0. The van der Waals surface area contributed by atoms with Gasteiger partial charge in [0.15, 0.2) is 5.96 Å². The molecule has 1 aromatic rings. The Kier molecular flexibility index (Phi) is 11.5. The van der Waals surface area contributed by atoms with Crippen LogP contribution in [0, 0.1) is 5.92 Å². The molecule has 1 aliphatic heterocycles. The number of guanidine groups is 1. The summed E-state index contributed by atoms with van der Waals surface area (Å²) in [5.74, 6) is 1.58. The van der Waals surface area contributed by atoms with Crippen LogP contribution in [0.1, 0.15) is 39.0 Å². The number of aromatic nitrogens is 2. The van der Waals surface area contributed by atoms with E-state index in [-0.39, 0.29) is 24.0 Å². The van der Waals surface area contributed by atoms with Gasteiger partial charge in [-0.25, -0.2) is 0 Å². The van der Waals surface area contributed by atoms with Gasteiger partial charge in [0.2, 0.25) is 5.91 Å². The molecule has 2 N–H and O–H groups in total. The van der Waals surface area contributed by atoms with Crippen molar-refractivity contribution in [3.63, 3.8) is 0 Å². The molecule has 0 atom stereocenters. The van der Waals surface area contributed by atoms with Gasteiger partial charge >= 0.3 is 0 Å². The average molecular weight is 531 g/mol. The number of carbonyl (C=O) groups is 1. The van der Waals surface area contributed by atoms with Gasteiger partial charge in [-0.1, -0.05) is 12.8 Å². The Labute approximate surface area is 197 Å². The van der Waals surface area contributed by atoms with Crippen molar-refractivity contribution in [3.05, 3.63) is 18.5 Å². The van der Waals surface area contributed by atoms with Gasteiger partial charge in [-0.2, -0.15) is 5.10 Å². The number of rotatable bonds is 9. The molecule has 2 fully saturated rings. The number of amides is 1. The number of nitrogens with one attached hydrogen (secondary N) is 2. The van der Waals surface area contributed by atoms with Crippen LogP contribution in [-0.4, -0.2) is 83.8 Å². The zero-order valence-electron chi connectivity index (χ0n) is 18.3. The quantitative estimate of drug-likeness (QED) is 0.220. The summed E-state index contributed by atoms with van der Waals surface area (Å²) in [4.78, 5) is 21.7. The smallest absolute Gasteiger partial charge is 0.225 e. The molecule has 2 aliphatic rings. The number of carbonyl (C=O) groups excluding carboxylic acids is 1. The first-order valence-corrected chi connectivity index (χ1v) is 11.3. The van der Waals surface area contributed by atoms with Gasteiger partial charge in [-0.3, -0.25) is 19.4 Å². The van der Waals surface area contributed by atoms with E-state index >= 15 is 0 Å². The highest BCUT2D eigenvalue weighted by molar-refractivity contribution is 14.0. The van der Waals surface area contributed by atoms with Gasteiger partial charge < -0.3 is 15.5 Å². The summed E-state index contributed by atoms with van der Waals surface area (Å²) in [6.07, 6.45) is 9.39. The van der Waals surface area contributed by atoms with E-state index in [1.54, 1.807) is 6.20 Å². The van der Waals surface area contributed by atoms with Crippen molar-refractivity contribution in [2.45, 2.75) is 45.6 Å². The minimum Gasteiger partial charge on any atom is -0.357 e.